The molecule has 190 valence electrons. The van der Waals surface area contributed by atoms with E-state index in [0.717, 1.165) is 37.2 Å². The average Bonchev–Trinajstić information content (AvgIpc) is 2.84. The van der Waals surface area contributed by atoms with E-state index < -0.39 is 10.0 Å². The molecule has 1 aliphatic rings. The van der Waals surface area contributed by atoms with Gasteiger partial charge in [-0.2, -0.15) is 0 Å². The van der Waals surface area contributed by atoms with Crippen LogP contribution in [0.2, 0.25) is 0 Å². The first kappa shape index (κ1) is 25.8. The standard InChI is InChI=1S/C29H35N3O3S/c1-5-23-8-11-25(12-9-23)30-29(33)24-10-15-28(32-18-21(3)16-22(4)19-32)27(17-24)31-36(34,35)26-13-6-20(2)7-14-26/h6-15,17,21-22,31H,5,16,18-19H2,1-4H3,(H,30,33)/t21-,22-/m1/s1. The first-order chi connectivity index (χ1) is 17.1. The fourth-order valence-corrected chi connectivity index (χ4v) is 5.91. The van der Waals surface area contributed by atoms with Crippen molar-refractivity contribution in [3.8, 4) is 0 Å². The summed E-state index contributed by atoms with van der Waals surface area (Å²) in [5, 5.41) is 2.92. The Morgan fingerprint density at radius 3 is 2.19 bits per heavy atom. The molecular weight excluding hydrogens is 470 g/mol. The van der Waals surface area contributed by atoms with Crippen molar-refractivity contribution in [3.63, 3.8) is 0 Å². The highest BCUT2D eigenvalue weighted by atomic mass is 32.2. The molecule has 0 aromatic heterocycles. The van der Waals surface area contributed by atoms with Crippen LogP contribution in [0.1, 0.15) is 48.7 Å². The smallest absolute Gasteiger partial charge is 0.261 e. The molecule has 0 spiro atoms. The lowest BCUT2D eigenvalue weighted by Crippen LogP contribution is -2.39. The van der Waals surface area contributed by atoms with Gasteiger partial charge in [-0.3, -0.25) is 9.52 Å². The number of aryl methyl sites for hydroxylation is 2. The van der Waals surface area contributed by atoms with E-state index in [1.165, 1.54) is 5.56 Å². The Hall–Kier alpha value is -3.32. The minimum Gasteiger partial charge on any atom is -0.369 e. The van der Waals surface area contributed by atoms with Gasteiger partial charge in [-0.25, -0.2) is 8.42 Å². The zero-order valence-electron chi connectivity index (χ0n) is 21.4. The van der Waals surface area contributed by atoms with Crippen LogP contribution >= 0.6 is 0 Å². The number of nitrogens with zero attached hydrogens (tertiary/aromatic N) is 1. The molecule has 36 heavy (non-hydrogen) atoms. The molecule has 0 radical (unpaired) electrons. The van der Waals surface area contributed by atoms with Crippen molar-refractivity contribution in [2.24, 2.45) is 11.8 Å². The minimum absolute atomic E-state index is 0.185. The van der Waals surface area contributed by atoms with Crippen LogP contribution in [0.5, 0.6) is 0 Å². The highest BCUT2D eigenvalue weighted by molar-refractivity contribution is 7.92. The second kappa shape index (κ2) is 10.7. The second-order valence-corrected chi connectivity index (χ2v) is 11.7. The third kappa shape index (κ3) is 6.08. The molecule has 0 saturated carbocycles. The Morgan fingerprint density at radius 2 is 1.58 bits per heavy atom. The number of anilines is 3. The monoisotopic (exact) mass is 505 g/mol. The molecule has 6 nitrogen and oxygen atoms in total. The van der Waals surface area contributed by atoms with Gasteiger partial charge in [0.2, 0.25) is 0 Å². The number of sulfonamides is 1. The van der Waals surface area contributed by atoms with Crippen LogP contribution in [0.15, 0.2) is 71.6 Å². The number of carbonyl (C=O) groups is 1. The lowest BCUT2D eigenvalue weighted by atomic mass is 9.91. The van der Waals surface area contributed by atoms with Crippen molar-refractivity contribution >= 4 is 33.0 Å². The molecule has 7 heteroatoms. The van der Waals surface area contributed by atoms with E-state index in [0.29, 0.717) is 28.8 Å². The van der Waals surface area contributed by atoms with Crippen LogP contribution in [0.3, 0.4) is 0 Å². The lowest BCUT2D eigenvalue weighted by molar-refractivity contribution is 0.102. The van der Waals surface area contributed by atoms with Gasteiger partial charge in [0.15, 0.2) is 0 Å². The normalized spacial score (nSPS) is 18.1. The van der Waals surface area contributed by atoms with Gasteiger partial charge in [-0.15, -0.1) is 0 Å². The quantitative estimate of drug-likeness (QED) is 0.407. The Balaban J connectivity index is 1.67. The van der Waals surface area contributed by atoms with Crippen LogP contribution in [-0.2, 0) is 16.4 Å². The van der Waals surface area contributed by atoms with E-state index in [4.69, 9.17) is 0 Å². The van der Waals surface area contributed by atoms with Crippen LogP contribution in [0.4, 0.5) is 17.1 Å². The van der Waals surface area contributed by atoms with Gasteiger partial charge < -0.3 is 10.2 Å². The summed E-state index contributed by atoms with van der Waals surface area (Å²) >= 11 is 0. The Morgan fingerprint density at radius 1 is 0.944 bits per heavy atom. The summed E-state index contributed by atoms with van der Waals surface area (Å²) in [7, 11) is -3.84. The molecule has 1 amide bonds. The zero-order chi connectivity index (χ0) is 25.9. The number of carbonyl (C=O) groups excluding carboxylic acids is 1. The number of amides is 1. The second-order valence-electron chi connectivity index (χ2n) is 10.0. The van der Waals surface area contributed by atoms with Crippen LogP contribution in [-0.4, -0.2) is 27.4 Å². The summed E-state index contributed by atoms with van der Waals surface area (Å²) in [4.78, 5) is 15.5. The molecular formula is C29H35N3O3S. The minimum atomic E-state index is -3.84. The third-order valence-electron chi connectivity index (χ3n) is 6.66. The van der Waals surface area contributed by atoms with Gasteiger partial charge in [-0.05, 0) is 79.6 Å². The predicted octanol–water partition coefficient (Wildman–Crippen LogP) is 6.09. The predicted molar refractivity (Wildman–Crippen MR) is 147 cm³/mol. The maximum atomic E-state index is 13.3. The van der Waals surface area contributed by atoms with Crippen LogP contribution in [0.25, 0.3) is 0 Å². The van der Waals surface area contributed by atoms with Crippen molar-refractivity contribution in [1.29, 1.82) is 0 Å². The topological polar surface area (TPSA) is 78.5 Å². The molecule has 1 aliphatic heterocycles. The summed E-state index contributed by atoms with van der Waals surface area (Å²) in [6.45, 7) is 10.1. The van der Waals surface area contributed by atoms with Crippen molar-refractivity contribution in [1.82, 2.24) is 0 Å². The van der Waals surface area contributed by atoms with Gasteiger partial charge in [0, 0.05) is 24.3 Å². The van der Waals surface area contributed by atoms with E-state index in [2.05, 4.69) is 35.7 Å². The maximum absolute atomic E-state index is 13.3. The van der Waals surface area contributed by atoms with Crippen molar-refractivity contribution < 1.29 is 13.2 Å². The number of rotatable bonds is 7. The molecule has 1 heterocycles. The average molecular weight is 506 g/mol. The number of hydrogen-bond acceptors (Lipinski definition) is 4. The summed E-state index contributed by atoms with van der Waals surface area (Å²) in [6.07, 6.45) is 2.06. The lowest BCUT2D eigenvalue weighted by Gasteiger charge is -2.37. The van der Waals surface area contributed by atoms with E-state index in [1.54, 1.807) is 36.4 Å². The number of hydrogen-bond donors (Lipinski definition) is 2. The fraction of sp³-hybridized carbons (Fsp3) is 0.345. The highest BCUT2D eigenvalue weighted by Crippen LogP contribution is 2.34. The fourth-order valence-electron chi connectivity index (χ4n) is 4.84. The molecule has 3 aromatic carbocycles. The Kier molecular flexibility index (Phi) is 7.69. The molecule has 1 saturated heterocycles. The van der Waals surface area contributed by atoms with Gasteiger partial charge >= 0.3 is 0 Å². The molecule has 3 aromatic rings. The van der Waals surface area contributed by atoms with Crippen molar-refractivity contribution in [2.75, 3.05) is 28.0 Å². The Labute approximate surface area is 214 Å². The van der Waals surface area contributed by atoms with Gasteiger partial charge in [0.25, 0.3) is 15.9 Å². The number of benzene rings is 3. The summed E-state index contributed by atoms with van der Waals surface area (Å²) in [5.41, 5.74) is 4.45. The van der Waals surface area contributed by atoms with E-state index in [9.17, 15) is 13.2 Å². The largest absolute Gasteiger partial charge is 0.369 e. The van der Waals surface area contributed by atoms with E-state index in [-0.39, 0.29) is 10.8 Å². The summed E-state index contributed by atoms with van der Waals surface area (Å²) in [6, 6.07) is 19.7. The molecule has 0 unspecified atom stereocenters. The van der Waals surface area contributed by atoms with E-state index >= 15 is 0 Å². The molecule has 0 bridgehead atoms. The van der Waals surface area contributed by atoms with Crippen LogP contribution < -0.4 is 14.9 Å². The van der Waals surface area contributed by atoms with Gasteiger partial charge in [0.05, 0.1) is 16.3 Å². The van der Waals surface area contributed by atoms with Gasteiger partial charge in [-0.1, -0.05) is 50.6 Å². The van der Waals surface area contributed by atoms with Crippen LogP contribution in [0, 0.1) is 18.8 Å². The number of nitrogens with one attached hydrogen (secondary N) is 2. The SMILES string of the molecule is CCc1ccc(NC(=O)c2ccc(N3C[C@H](C)C[C@@H](C)C3)c(NS(=O)(=O)c3ccc(C)cc3)c2)cc1. The molecule has 4 rings (SSSR count). The highest BCUT2D eigenvalue weighted by Gasteiger charge is 2.26. The summed E-state index contributed by atoms with van der Waals surface area (Å²) in [5.74, 6) is 0.690. The first-order valence-electron chi connectivity index (χ1n) is 12.5. The molecule has 2 N–H and O–H groups in total. The summed E-state index contributed by atoms with van der Waals surface area (Å²) < 4.78 is 29.3. The first-order valence-corrected chi connectivity index (χ1v) is 14.0. The maximum Gasteiger partial charge on any atom is 0.261 e. The molecule has 1 fully saturated rings. The van der Waals surface area contributed by atoms with Crippen molar-refractivity contribution in [3.05, 3.63) is 83.4 Å². The van der Waals surface area contributed by atoms with E-state index in [1.807, 2.05) is 37.3 Å². The van der Waals surface area contributed by atoms with Crippen molar-refractivity contribution in [2.45, 2.75) is 45.4 Å². The molecule has 2 atom stereocenters. The Bertz CT molecular complexity index is 1310. The number of piperidine rings is 1. The zero-order valence-corrected chi connectivity index (χ0v) is 22.2. The third-order valence-corrected chi connectivity index (χ3v) is 8.05. The van der Waals surface area contributed by atoms with Gasteiger partial charge in [0.1, 0.15) is 0 Å². The molecule has 0 aliphatic carbocycles.